The van der Waals surface area contributed by atoms with Gasteiger partial charge in [-0.2, -0.15) is 0 Å². The third-order valence-electron chi connectivity index (χ3n) is 11.3. The molecule has 0 aromatic heterocycles. The molecule has 4 unspecified atom stereocenters. The highest BCUT2D eigenvalue weighted by atomic mass is 15.2. The predicted molar refractivity (Wildman–Crippen MR) is 184 cm³/mol. The summed E-state index contributed by atoms with van der Waals surface area (Å²) in [6, 6.07) is 28.4. The van der Waals surface area contributed by atoms with Crippen molar-refractivity contribution in [3.8, 4) is 0 Å². The molecule has 0 amide bonds. The first kappa shape index (κ1) is 26.4. The predicted octanol–water partition coefficient (Wildman–Crippen LogP) is 11.1. The minimum atomic E-state index is 0.434. The average molecular weight is 575 g/mol. The maximum Gasteiger partial charge on any atom is 0.0494 e. The number of benzene rings is 3. The highest BCUT2D eigenvalue weighted by Crippen LogP contribution is 2.54. The summed E-state index contributed by atoms with van der Waals surface area (Å²) in [7, 11) is 0. The Kier molecular flexibility index (Phi) is 6.50. The molecule has 2 heteroatoms. The Bertz CT molecular complexity index is 1750. The molecule has 44 heavy (non-hydrogen) atoms. The first-order chi connectivity index (χ1) is 21.8. The molecular formula is C42H42N2. The van der Waals surface area contributed by atoms with E-state index in [0.29, 0.717) is 23.8 Å². The fourth-order valence-electron chi connectivity index (χ4n) is 9.15. The number of hydrogen-bond donors (Lipinski definition) is 0. The normalized spacial score (nSPS) is 27.0. The van der Waals surface area contributed by atoms with E-state index in [0.717, 1.165) is 12.8 Å². The largest absolute Gasteiger partial charge is 0.337 e. The molecule has 0 fully saturated rings. The number of rotatable bonds is 4. The van der Waals surface area contributed by atoms with Gasteiger partial charge in [-0.15, -0.1) is 0 Å². The standard InChI is InChI=1S/C42H42N2/c1-3-11-29(12-4-1)30-19-23-34(24-20-30)44-40-18-10-8-16-36(40)38-28-32(22-26-42(38)44)31-21-25-41-37(27-31)35-15-7-9-17-39(35)43(41)33-13-5-2-6-14-33/h1,3,7-10,13,15-21,23-25,28-29,37-38,42H,2,4-6,11-12,14,22,26-27H2. The van der Waals surface area contributed by atoms with Crippen molar-refractivity contribution < 1.29 is 0 Å². The van der Waals surface area contributed by atoms with Gasteiger partial charge in [0.05, 0.1) is 0 Å². The zero-order chi connectivity index (χ0) is 29.0. The smallest absolute Gasteiger partial charge is 0.0494 e. The summed E-state index contributed by atoms with van der Waals surface area (Å²) in [4.78, 5) is 5.27. The number of para-hydroxylation sites is 2. The van der Waals surface area contributed by atoms with Crippen LogP contribution in [0.25, 0.3) is 0 Å². The van der Waals surface area contributed by atoms with Crippen LogP contribution < -0.4 is 9.80 Å². The molecule has 9 rings (SSSR count). The second-order valence-corrected chi connectivity index (χ2v) is 13.7. The van der Waals surface area contributed by atoms with Crippen molar-refractivity contribution in [3.05, 3.63) is 148 Å². The summed E-state index contributed by atoms with van der Waals surface area (Å²) in [5, 5.41) is 0. The molecule has 3 aromatic rings. The zero-order valence-electron chi connectivity index (χ0n) is 25.7. The van der Waals surface area contributed by atoms with Gasteiger partial charge >= 0.3 is 0 Å². The van der Waals surface area contributed by atoms with E-state index in [-0.39, 0.29) is 0 Å². The van der Waals surface area contributed by atoms with Crippen molar-refractivity contribution in [2.75, 3.05) is 9.80 Å². The fourth-order valence-corrected chi connectivity index (χ4v) is 9.15. The van der Waals surface area contributed by atoms with E-state index >= 15 is 0 Å². The summed E-state index contributed by atoms with van der Waals surface area (Å²) >= 11 is 0. The Morgan fingerprint density at radius 2 is 1.52 bits per heavy atom. The van der Waals surface area contributed by atoms with Gasteiger partial charge in [-0.3, -0.25) is 0 Å². The van der Waals surface area contributed by atoms with Gasteiger partial charge in [0.15, 0.2) is 0 Å². The maximum atomic E-state index is 2.66. The van der Waals surface area contributed by atoms with E-state index < -0.39 is 0 Å². The van der Waals surface area contributed by atoms with Crippen LogP contribution in [0.1, 0.15) is 98.7 Å². The van der Waals surface area contributed by atoms with Gasteiger partial charge in [-0.1, -0.05) is 78.9 Å². The number of hydrogen-bond acceptors (Lipinski definition) is 2. The Morgan fingerprint density at radius 3 is 2.34 bits per heavy atom. The van der Waals surface area contributed by atoms with Crippen LogP contribution >= 0.6 is 0 Å². The minimum Gasteiger partial charge on any atom is -0.337 e. The molecule has 2 nitrogen and oxygen atoms in total. The van der Waals surface area contributed by atoms with Crippen LogP contribution in [0, 0.1) is 0 Å². The van der Waals surface area contributed by atoms with E-state index in [4.69, 9.17) is 0 Å². The molecule has 0 saturated heterocycles. The quantitative estimate of drug-likeness (QED) is 0.286. The molecule has 4 aliphatic carbocycles. The van der Waals surface area contributed by atoms with Crippen molar-refractivity contribution in [1.29, 1.82) is 0 Å². The minimum absolute atomic E-state index is 0.434. The molecule has 4 atom stereocenters. The molecule has 0 N–H and O–H groups in total. The summed E-state index contributed by atoms with van der Waals surface area (Å²) in [6.45, 7) is 0. The lowest BCUT2D eigenvalue weighted by molar-refractivity contribution is 0.550. The molecule has 2 aliphatic heterocycles. The summed E-state index contributed by atoms with van der Waals surface area (Å²) < 4.78 is 0. The third-order valence-corrected chi connectivity index (χ3v) is 11.3. The Hall–Kier alpha value is -4.04. The third kappa shape index (κ3) is 4.29. The Morgan fingerprint density at radius 1 is 0.682 bits per heavy atom. The lowest BCUT2D eigenvalue weighted by atomic mass is 9.77. The second kappa shape index (κ2) is 10.8. The number of nitrogens with zero attached hydrogens (tertiary/aromatic N) is 2. The van der Waals surface area contributed by atoms with E-state index in [9.17, 15) is 0 Å². The highest BCUT2D eigenvalue weighted by Gasteiger charge is 2.42. The van der Waals surface area contributed by atoms with Crippen molar-refractivity contribution in [1.82, 2.24) is 0 Å². The molecule has 220 valence electrons. The van der Waals surface area contributed by atoms with Crippen LogP contribution in [0.3, 0.4) is 0 Å². The molecule has 0 bridgehead atoms. The second-order valence-electron chi connectivity index (χ2n) is 13.7. The summed E-state index contributed by atoms with van der Waals surface area (Å²) in [5.74, 6) is 1.56. The molecule has 0 spiro atoms. The fraction of sp³-hybridized carbons (Fsp3) is 0.333. The van der Waals surface area contributed by atoms with Crippen LogP contribution in [-0.2, 0) is 0 Å². The topological polar surface area (TPSA) is 6.48 Å². The molecule has 6 aliphatic rings. The van der Waals surface area contributed by atoms with Crippen LogP contribution in [-0.4, -0.2) is 6.04 Å². The van der Waals surface area contributed by atoms with Gasteiger partial charge in [-0.25, -0.2) is 0 Å². The van der Waals surface area contributed by atoms with Crippen molar-refractivity contribution in [3.63, 3.8) is 0 Å². The van der Waals surface area contributed by atoms with Gasteiger partial charge in [0, 0.05) is 46.3 Å². The molecular weight excluding hydrogens is 532 g/mol. The van der Waals surface area contributed by atoms with Crippen molar-refractivity contribution >= 4 is 17.1 Å². The van der Waals surface area contributed by atoms with Gasteiger partial charge in [-0.05, 0) is 128 Å². The van der Waals surface area contributed by atoms with Crippen LogP contribution in [0.2, 0.25) is 0 Å². The molecule has 0 radical (unpaired) electrons. The summed E-state index contributed by atoms with van der Waals surface area (Å²) in [5.41, 5.74) is 14.8. The van der Waals surface area contributed by atoms with E-state index in [1.165, 1.54) is 96.5 Å². The lowest BCUT2D eigenvalue weighted by Crippen LogP contribution is -2.32. The molecule has 0 saturated carbocycles. The Labute approximate surface area is 262 Å². The SMILES string of the molecule is C1=CCC(c2ccc(N3c4ccccc4C4C=C(C5=CC=C6C(C5)c5ccccc5N6C5=CCCCC5)CCC43)cc2)CC1. The van der Waals surface area contributed by atoms with Crippen molar-refractivity contribution in [2.45, 2.75) is 88.0 Å². The monoisotopic (exact) mass is 574 g/mol. The van der Waals surface area contributed by atoms with Gasteiger partial charge in [0.2, 0.25) is 0 Å². The molecule has 3 aromatic carbocycles. The van der Waals surface area contributed by atoms with E-state index in [1.807, 2.05) is 0 Å². The zero-order valence-corrected chi connectivity index (χ0v) is 25.7. The Balaban J connectivity index is 1.03. The summed E-state index contributed by atoms with van der Waals surface area (Å²) in [6.07, 6.45) is 26.9. The van der Waals surface area contributed by atoms with Crippen LogP contribution in [0.15, 0.2) is 132 Å². The number of fused-ring (bicyclic) bond motifs is 6. The van der Waals surface area contributed by atoms with E-state index in [1.54, 1.807) is 11.1 Å². The van der Waals surface area contributed by atoms with Gasteiger partial charge in [0.25, 0.3) is 0 Å². The number of allylic oxidation sites excluding steroid dienone is 9. The highest BCUT2D eigenvalue weighted by molar-refractivity contribution is 5.76. The average Bonchev–Trinajstić information content (AvgIpc) is 3.61. The first-order valence-corrected chi connectivity index (χ1v) is 17.2. The molecule has 2 heterocycles. The lowest BCUT2D eigenvalue weighted by Gasteiger charge is -2.35. The van der Waals surface area contributed by atoms with Crippen LogP contribution in [0.5, 0.6) is 0 Å². The first-order valence-electron chi connectivity index (χ1n) is 17.2. The van der Waals surface area contributed by atoms with Crippen LogP contribution in [0.4, 0.5) is 17.1 Å². The van der Waals surface area contributed by atoms with Crippen molar-refractivity contribution in [2.24, 2.45) is 0 Å². The van der Waals surface area contributed by atoms with Gasteiger partial charge < -0.3 is 9.80 Å². The maximum absolute atomic E-state index is 2.66. The number of anilines is 3. The van der Waals surface area contributed by atoms with E-state index in [2.05, 4.69) is 119 Å². The van der Waals surface area contributed by atoms with Gasteiger partial charge in [0.1, 0.15) is 0 Å².